The van der Waals surface area contributed by atoms with E-state index in [-0.39, 0.29) is 12.5 Å². The van der Waals surface area contributed by atoms with Crippen LogP contribution < -0.4 is 10.1 Å². The Morgan fingerprint density at radius 2 is 1.81 bits per heavy atom. The summed E-state index contributed by atoms with van der Waals surface area (Å²) in [6.45, 7) is 3.82. The highest BCUT2D eigenvalue weighted by Gasteiger charge is 2.11. The number of anilines is 1. The molecule has 0 fully saturated rings. The van der Waals surface area contributed by atoms with E-state index < -0.39 is 0 Å². The summed E-state index contributed by atoms with van der Waals surface area (Å²) in [6.07, 6.45) is 0. The summed E-state index contributed by atoms with van der Waals surface area (Å²) in [6, 6.07) is 15.1. The first-order valence-corrected chi connectivity index (χ1v) is 9.19. The monoisotopic (exact) mass is 379 g/mol. The lowest BCUT2D eigenvalue weighted by Gasteiger charge is -2.08. The van der Waals surface area contributed by atoms with Crippen molar-refractivity contribution in [2.24, 2.45) is 0 Å². The standard InChI is InChI=1S/C19H17N5O2S/c1-12-3-9-16(10-4-12)26-11-17(25)20-15-7-5-14(6-8-15)18-23-24-13(2)21-22-19(24)27-18/h3-10H,11H2,1-2H3,(H,20,25). The van der Waals surface area contributed by atoms with Gasteiger partial charge in [-0.25, -0.2) is 0 Å². The minimum Gasteiger partial charge on any atom is -0.484 e. The third-order valence-electron chi connectivity index (χ3n) is 3.95. The van der Waals surface area contributed by atoms with Crippen LogP contribution in [0.2, 0.25) is 0 Å². The number of carbonyl (C=O) groups excluding carboxylic acids is 1. The molecule has 7 nitrogen and oxygen atoms in total. The number of ether oxygens (including phenoxy) is 1. The first-order valence-electron chi connectivity index (χ1n) is 8.37. The number of amides is 1. The van der Waals surface area contributed by atoms with E-state index in [0.717, 1.165) is 26.9 Å². The van der Waals surface area contributed by atoms with Crippen LogP contribution in [0.3, 0.4) is 0 Å². The average molecular weight is 379 g/mol. The molecular formula is C19H17N5O2S. The van der Waals surface area contributed by atoms with E-state index in [1.165, 1.54) is 11.3 Å². The fourth-order valence-electron chi connectivity index (χ4n) is 2.51. The van der Waals surface area contributed by atoms with Gasteiger partial charge in [0.1, 0.15) is 10.8 Å². The lowest BCUT2D eigenvalue weighted by atomic mass is 10.2. The Bertz CT molecular complexity index is 1080. The fraction of sp³-hybridized carbons (Fsp3) is 0.158. The molecule has 0 aliphatic heterocycles. The third-order valence-corrected chi connectivity index (χ3v) is 4.90. The zero-order valence-corrected chi connectivity index (χ0v) is 15.7. The van der Waals surface area contributed by atoms with E-state index in [1.54, 1.807) is 4.52 Å². The summed E-state index contributed by atoms with van der Waals surface area (Å²) in [7, 11) is 0. The molecule has 136 valence electrons. The molecule has 0 atom stereocenters. The molecule has 1 N–H and O–H groups in total. The summed E-state index contributed by atoms with van der Waals surface area (Å²) in [4.78, 5) is 12.8. The minimum absolute atomic E-state index is 0.0409. The molecule has 0 bridgehead atoms. The molecule has 4 aromatic rings. The molecule has 0 saturated carbocycles. The van der Waals surface area contributed by atoms with Crippen LogP contribution >= 0.6 is 11.3 Å². The SMILES string of the molecule is Cc1ccc(OCC(=O)Nc2ccc(-c3nn4c(C)nnc4s3)cc2)cc1. The van der Waals surface area contributed by atoms with Crippen LogP contribution in [0.25, 0.3) is 15.5 Å². The van der Waals surface area contributed by atoms with Crippen molar-refractivity contribution in [2.45, 2.75) is 13.8 Å². The summed E-state index contributed by atoms with van der Waals surface area (Å²) in [5.74, 6) is 1.22. The van der Waals surface area contributed by atoms with Crippen molar-refractivity contribution >= 4 is 27.9 Å². The molecule has 27 heavy (non-hydrogen) atoms. The molecule has 0 aliphatic rings. The second-order valence-electron chi connectivity index (χ2n) is 6.08. The van der Waals surface area contributed by atoms with Gasteiger partial charge in [0, 0.05) is 11.3 Å². The maximum absolute atomic E-state index is 12.1. The van der Waals surface area contributed by atoms with Gasteiger partial charge in [-0.2, -0.15) is 9.61 Å². The van der Waals surface area contributed by atoms with E-state index >= 15 is 0 Å². The van der Waals surface area contributed by atoms with Gasteiger partial charge in [0.15, 0.2) is 12.4 Å². The van der Waals surface area contributed by atoms with Gasteiger partial charge in [0.25, 0.3) is 5.91 Å². The first kappa shape index (κ1) is 17.2. The lowest BCUT2D eigenvalue weighted by molar-refractivity contribution is -0.118. The second-order valence-corrected chi connectivity index (χ2v) is 7.03. The van der Waals surface area contributed by atoms with E-state index in [4.69, 9.17) is 4.74 Å². The first-order chi connectivity index (χ1) is 13.1. The minimum atomic E-state index is -0.210. The number of hydrogen-bond donors (Lipinski definition) is 1. The number of nitrogens with one attached hydrogen (secondary N) is 1. The normalized spacial score (nSPS) is 10.9. The number of aromatic nitrogens is 4. The molecule has 0 unspecified atom stereocenters. The summed E-state index contributed by atoms with van der Waals surface area (Å²) < 4.78 is 7.21. The molecule has 0 saturated heterocycles. The highest BCUT2D eigenvalue weighted by Crippen LogP contribution is 2.26. The maximum Gasteiger partial charge on any atom is 0.262 e. The molecule has 2 aromatic heterocycles. The smallest absolute Gasteiger partial charge is 0.262 e. The predicted molar refractivity (Wildman–Crippen MR) is 104 cm³/mol. The highest BCUT2D eigenvalue weighted by molar-refractivity contribution is 7.19. The van der Waals surface area contributed by atoms with Crippen molar-refractivity contribution in [2.75, 3.05) is 11.9 Å². The van der Waals surface area contributed by atoms with Gasteiger partial charge < -0.3 is 10.1 Å². The van der Waals surface area contributed by atoms with Crippen molar-refractivity contribution in [3.05, 3.63) is 59.9 Å². The van der Waals surface area contributed by atoms with E-state index in [2.05, 4.69) is 20.6 Å². The Balaban J connectivity index is 1.38. The summed E-state index contributed by atoms with van der Waals surface area (Å²) in [5, 5.41) is 16.2. The molecule has 2 aromatic carbocycles. The Kier molecular flexibility index (Phi) is 4.55. The van der Waals surface area contributed by atoms with E-state index in [0.29, 0.717) is 11.4 Å². The van der Waals surface area contributed by atoms with Crippen molar-refractivity contribution in [1.82, 2.24) is 19.8 Å². The van der Waals surface area contributed by atoms with Crippen LogP contribution in [0.1, 0.15) is 11.4 Å². The van der Waals surface area contributed by atoms with Crippen LogP contribution in [-0.2, 0) is 4.79 Å². The molecular weight excluding hydrogens is 362 g/mol. The molecule has 0 radical (unpaired) electrons. The van der Waals surface area contributed by atoms with E-state index in [9.17, 15) is 4.79 Å². The summed E-state index contributed by atoms with van der Waals surface area (Å²) in [5.41, 5.74) is 2.81. The van der Waals surface area contributed by atoms with Gasteiger partial charge in [0.2, 0.25) is 4.96 Å². The van der Waals surface area contributed by atoms with Crippen molar-refractivity contribution < 1.29 is 9.53 Å². The van der Waals surface area contributed by atoms with Crippen molar-refractivity contribution in [1.29, 1.82) is 0 Å². The Morgan fingerprint density at radius 1 is 1.07 bits per heavy atom. The van der Waals surface area contributed by atoms with Crippen LogP contribution in [0.4, 0.5) is 5.69 Å². The second kappa shape index (κ2) is 7.16. The maximum atomic E-state index is 12.1. The van der Waals surface area contributed by atoms with E-state index in [1.807, 2.05) is 62.4 Å². The predicted octanol–water partition coefficient (Wildman–Crippen LogP) is 3.49. The zero-order chi connectivity index (χ0) is 18.8. The quantitative estimate of drug-likeness (QED) is 0.574. The average Bonchev–Trinajstić information content (AvgIpc) is 3.24. The van der Waals surface area contributed by atoms with Gasteiger partial charge in [-0.05, 0) is 50.2 Å². The van der Waals surface area contributed by atoms with Gasteiger partial charge in [0.05, 0.1) is 0 Å². The Morgan fingerprint density at radius 3 is 2.52 bits per heavy atom. The molecule has 4 rings (SSSR count). The number of nitrogens with zero attached hydrogens (tertiary/aromatic N) is 4. The lowest BCUT2D eigenvalue weighted by Crippen LogP contribution is -2.20. The molecule has 8 heteroatoms. The fourth-order valence-corrected chi connectivity index (χ4v) is 3.40. The summed E-state index contributed by atoms with van der Waals surface area (Å²) >= 11 is 1.47. The Hall–Kier alpha value is -3.26. The van der Waals surface area contributed by atoms with Crippen molar-refractivity contribution in [3.8, 4) is 16.3 Å². The number of hydrogen-bond acceptors (Lipinski definition) is 6. The number of rotatable bonds is 5. The van der Waals surface area contributed by atoms with Crippen LogP contribution in [0.5, 0.6) is 5.75 Å². The van der Waals surface area contributed by atoms with Crippen LogP contribution in [0.15, 0.2) is 48.5 Å². The number of aryl methyl sites for hydroxylation is 2. The van der Waals surface area contributed by atoms with Gasteiger partial charge in [-0.15, -0.1) is 10.2 Å². The molecule has 0 aliphatic carbocycles. The van der Waals surface area contributed by atoms with Gasteiger partial charge >= 0.3 is 0 Å². The topological polar surface area (TPSA) is 81.4 Å². The third kappa shape index (κ3) is 3.80. The van der Waals surface area contributed by atoms with Crippen LogP contribution in [0, 0.1) is 13.8 Å². The van der Waals surface area contributed by atoms with Crippen molar-refractivity contribution in [3.63, 3.8) is 0 Å². The van der Waals surface area contributed by atoms with Gasteiger partial charge in [-0.1, -0.05) is 29.0 Å². The number of fused-ring (bicyclic) bond motifs is 1. The van der Waals surface area contributed by atoms with Gasteiger partial charge in [-0.3, -0.25) is 4.79 Å². The van der Waals surface area contributed by atoms with Crippen LogP contribution in [-0.4, -0.2) is 32.3 Å². The Labute approximate surface area is 159 Å². The highest BCUT2D eigenvalue weighted by atomic mass is 32.1. The largest absolute Gasteiger partial charge is 0.484 e. The number of benzene rings is 2. The zero-order valence-electron chi connectivity index (χ0n) is 14.8. The molecule has 0 spiro atoms. The molecule has 2 heterocycles. The molecule has 1 amide bonds. The number of carbonyl (C=O) groups is 1.